The lowest BCUT2D eigenvalue weighted by Gasteiger charge is -2.39. The molecule has 1 amide bonds. The van der Waals surface area contributed by atoms with E-state index in [-0.39, 0.29) is 29.5 Å². The number of amides is 1. The first-order valence-corrected chi connectivity index (χ1v) is 10.7. The summed E-state index contributed by atoms with van der Waals surface area (Å²) in [5.41, 5.74) is 6.54. The number of hydrogen-bond donors (Lipinski definition) is 1. The Kier molecular flexibility index (Phi) is 5.91. The number of nitrogens with zero attached hydrogens (tertiary/aromatic N) is 2. The number of likely N-dealkylation sites (tertiary alicyclic amines) is 2. The van der Waals surface area contributed by atoms with E-state index in [9.17, 15) is 13.6 Å². The molecule has 0 spiro atoms. The zero-order valence-electron chi connectivity index (χ0n) is 17.2. The summed E-state index contributed by atoms with van der Waals surface area (Å²) in [4.78, 5) is 16.8. The fraction of sp³-hybridized carbons (Fsp3) is 0.682. The van der Waals surface area contributed by atoms with Crippen molar-refractivity contribution in [2.75, 3.05) is 32.8 Å². The number of piperidine rings is 1. The highest BCUT2D eigenvalue weighted by molar-refractivity contribution is 5.78. The van der Waals surface area contributed by atoms with E-state index in [1.165, 1.54) is 6.07 Å². The monoisotopic (exact) mass is 407 g/mol. The molecule has 5 unspecified atom stereocenters. The second-order valence-electron chi connectivity index (χ2n) is 9.17. The summed E-state index contributed by atoms with van der Waals surface area (Å²) in [6.07, 6.45) is 1.11. The summed E-state index contributed by atoms with van der Waals surface area (Å²) in [5.74, 6) is 0.400. The summed E-state index contributed by atoms with van der Waals surface area (Å²) in [5, 5.41) is 0. The molecule has 7 heteroatoms. The molecule has 1 aromatic rings. The first kappa shape index (κ1) is 20.7. The van der Waals surface area contributed by atoms with E-state index in [1.807, 2.05) is 18.7 Å². The number of hydrogen-bond acceptors (Lipinski definition) is 4. The SMILES string of the molecule is CC(C)C(=O)N1CCC2CN(C3COC(c4cc(F)ccc4F)C(N)C3)CC2C1. The van der Waals surface area contributed by atoms with Crippen molar-refractivity contribution in [3.05, 3.63) is 35.4 Å². The fourth-order valence-corrected chi connectivity index (χ4v) is 5.22. The van der Waals surface area contributed by atoms with E-state index in [2.05, 4.69) is 4.90 Å². The van der Waals surface area contributed by atoms with Crippen LogP contribution >= 0.6 is 0 Å². The van der Waals surface area contributed by atoms with Crippen molar-refractivity contribution in [3.8, 4) is 0 Å². The Labute approximate surface area is 171 Å². The predicted octanol–water partition coefficient (Wildman–Crippen LogP) is 2.56. The molecule has 0 aliphatic carbocycles. The van der Waals surface area contributed by atoms with Crippen LogP contribution in [0.1, 0.15) is 38.4 Å². The molecule has 2 N–H and O–H groups in total. The average Bonchev–Trinajstić information content (AvgIpc) is 3.12. The predicted molar refractivity (Wildman–Crippen MR) is 106 cm³/mol. The van der Waals surface area contributed by atoms with Gasteiger partial charge in [-0.1, -0.05) is 13.8 Å². The summed E-state index contributed by atoms with van der Waals surface area (Å²) < 4.78 is 33.6. The number of benzene rings is 1. The van der Waals surface area contributed by atoms with E-state index in [4.69, 9.17) is 10.5 Å². The van der Waals surface area contributed by atoms with Gasteiger partial charge in [-0.2, -0.15) is 0 Å². The van der Waals surface area contributed by atoms with Gasteiger partial charge in [-0.05, 0) is 42.9 Å². The molecule has 3 saturated heterocycles. The van der Waals surface area contributed by atoms with Crippen LogP contribution in [0.25, 0.3) is 0 Å². The molecular weight excluding hydrogens is 376 g/mol. The van der Waals surface area contributed by atoms with Gasteiger partial charge in [0.1, 0.15) is 17.7 Å². The van der Waals surface area contributed by atoms with Crippen molar-refractivity contribution >= 4 is 5.91 Å². The molecule has 4 rings (SSSR count). The molecule has 0 bridgehead atoms. The third-order valence-corrected chi connectivity index (χ3v) is 6.82. The number of carbonyl (C=O) groups excluding carboxylic acids is 1. The van der Waals surface area contributed by atoms with Gasteiger partial charge in [0.2, 0.25) is 5.91 Å². The molecule has 160 valence electrons. The van der Waals surface area contributed by atoms with E-state index < -0.39 is 17.7 Å². The summed E-state index contributed by atoms with van der Waals surface area (Å²) >= 11 is 0. The number of carbonyl (C=O) groups is 1. The maximum atomic E-state index is 14.1. The largest absolute Gasteiger partial charge is 0.370 e. The zero-order valence-corrected chi connectivity index (χ0v) is 17.2. The number of ether oxygens (including phenoxy) is 1. The Hall–Kier alpha value is -1.57. The molecule has 5 nitrogen and oxygen atoms in total. The molecule has 3 aliphatic heterocycles. The van der Waals surface area contributed by atoms with E-state index in [0.29, 0.717) is 24.9 Å². The highest BCUT2D eigenvalue weighted by Crippen LogP contribution is 2.37. The number of nitrogens with two attached hydrogens (primary N) is 1. The van der Waals surface area contributed by atoms with Crippen LogP contribution in [0.15, 0.2) is 18.2 Å². The number of fused-ring (bicyclic) bond motifs is 1. The summed E-state index contributed by atoms with van der Waals surface area (Å²) in [6.45, 7) is 7.97. The molecule has 0 saturated carbocycles. The van der Waals surface area contributed by atoms with Crippen LogP contribution in [0.2, 0.25) is 0 Å². The molecule has 0 aromatic heterocycles. The van der Waals surface area contributed by atoms with Gasteiger partial charge in [-0.25, -0.2) is 8.78 Å². The quantitative estimate of drug-likeness (QED) is 0.837. The maximum Gasteiger partial charge on any atom is 0.225 e. The normalized spacial score (nSPS) is 33.2. The van der Waals surface area contributed by atoms with Crippen LogP contribution in [0, 0.1) is 29.4 Å². The topological polar surface area (TPSA) is 58.8 Å². The first-order chi connectivity index (χ1) is 13.8. The van der Waals surface area contributed by atoms with Gasteiger partial charge in [0, 0.05) is 49.7 Å². The van der Waals surface area contributed by atoms with E-state index in [1.54, 1.807) is 0 Å². The second-order valence-corrected chi connectivity index (χ2v) is 9.17. The van der Waals surface area contributed by atoms with Crippen molar-refractivity contribution in [3.63, 3.8) is 0 Å². The van der Waals surface area contributed by atoms with Crippen molar-refractivity contribution < 1.29 is 18.3 Å². The lowest BCUT2D eigenvalue weighted by atomic mass is 9.88. The van der Waals surface area contributed by atoms with Crippen molar-refractivity contribution in [2.24, 2.45) is 23.5 Å². The molecule has 3 aliphatic rings. The summed E-state index contributed by atoms with van der Waals surface area (Å²) in [6, 6.07) is 3.21. The van der Waals surface area contributed by atoms with Gasteiger partial charge >= 0.3 is 0 Å². The molecule has 3 heterocycles. The first-order valence-electron chi connectivity index (χ1n) is 10.7. The standard InChI is InChI=1S/C22H31F2N3O2/c1-13(2)22(28)26-6-5-14-9-27(11-15(14)10-26)17-8-20(25)21(29-12-17)18-7-16(23)3-4-19(18)24/h3-4,7,13-15,17,20-21H,5-6,8-12,25H2,1-2H3. The number of halogens is 2. The van der Waals surface area contributed by atoms with Crippen LogP contribution in [-0.4, -0.2) is 60.6 Å². The van der Waals surface area contributed by atoms with Gasteiger partial charge in [0.25, 0.3) is 0 Å². The lowest BCUT2D eigenvalue weighted by Crippen LogP contribution is -2.49. The van der Waals surface area contributed by atoms with E-state index >= 15 is 0 Å². The Morgan fingerprint density at radius 3 is 2.69 bits per heavy atom. The lowest BCUT2D eigenvalue weighted by molar-refractivity contribution is -0.136. The Morgan fingerprint density at radius 2 is 1.97 bits per heavy atom. The van der Waals surface area contributed by atoms with Crippen LogP contribution < -0.4 is 5.73 Å². The van der Waals surface area contributed by atoms with Crippen LogP contribution in [0.5, 0.6) is 0 Å². The minimum Gasteiger partial charge on any atom is -0.370 e. The molecule has 3 fully saturated rings. The molecule has 29 heavy (non-hydrogen) atoms. The average molecular weight is 408 g/mol. The Morgan fingerprint density at radius 1 is 1.21 bits per heavy atom. The van der Waals surface area contributed by atoms with E-state index in [0.717, 1.165) is 44.7 Å². The minimum absolute atomic E-state index is 0.0361. The van der Waals surface area contributed by atoms with Crippen LogP contribution in [0.4, 0.5) is 8.78 Å². The highest BCUT2D eigenvalue weighted by atomic mass is 19.1. The summed E-state index contributed by atoms with van der Waals surface area (Å²) in [7, 11) is 0. The van der Waals surface area contributed by atoms with Gasteiger partial charge in [-0.15, -0.1) is 0 Å². The molecule has 0 radical (unpaired) electrons. The van der Waals surface area contributed by atoms with Gasteiger partial charge < -0.3 is 15.4 Å². The van der Waals surface area contributed by atoms with Crippen molar-refractivity contribution in [1.29, 1.82) is 0 Å². The smallest absolute Gasteiger partial charge is 0.225 e. The Bertz CT molecular complexity index is 760. The highest BCUT2D eigenvalue weighted by Gasteiger charge is 2.43. The molecule has 5 atom stereocenters. The third kappa shape index (κ3) is 4.18. The van der Waals surface area contributed by atoms with Crippen LogP contribution in [-0.2, 0) is 9.53 Å². The second kappa shape index (κ2) is 8.28. The molecular formula is C22H31F2N3O2. The van der Waals surface area contributed by atoms with Crippen molar-refractivity contribution in [1.82, 2.24) is 9.80 Å². The zero-order chi connectivity index (χ0) is 20.7. The molecule has 1 aromatic carbocycles. The van der Waals surface area contributed by atoms with Crippen molar-refractivity contribution in [2.45, 2.75) is 44.9 Å². The number of rotatable bonds is 3. The third-order valence-electron chi connectivity index (χ3n) is 6.82. The fourth-order valence-electron chi connectivity index (χ4n) is 5.22. The Balaban J connectivity index is 1.37. The van der Waals surface area contributed by atoms with Gasteiger partial charge in [0.05, 0.1) is 6.61 Å². The van der Waals surface area contributed by atoms with Crippen LogP contribution in [0.3, 0.4) is 0 Å². The van der Waals surface area contributed by atoms with Gasteiger partial charge in [0.15, 0.2) is 0 Å². The minimum atomic E-state index is -0.619. The van der Waals surface area contributed by atoms with Gasteiger partial charge in [-0.3, -0.25) is 9.69 Å². The maximum absolute atomic E-state index is 14.1.